The van der Waals surface area contributed by atoms with Crippen LogP contribution in [0.5, 0.6) is 0 Å². The number of rotatable bonds is 4. The van der Waals surface area contributed by atoms with Crippen molar-refractivity contribution in [1.82, 2.24) is 5.32 Å². The Morgan fingerprint density at radius 2 is 1.73 bits per heavy atom. The molecule has 0 radical (unpaired) electrons. The molecule has 2 N–H and O–H groups in total. The predicted octanol–water partition coefficient (Wildman–Crippen LogP) is 4.82. The summed E-state index contributed by atoms with van der Waals surface area (Å²) in [5, 5.41) is 7.35. The number of thiocarbonyl (C=S) groups is 1. The van der Waals surface area contributed by atoms with E-state index in [9.17, 15) is 4.79 Å². The number of hydrogen-bond donors (Lipinski definition) is 2. The van der Waals surface area contributed by atoms with Crippen LogP contribution in [0.4, 0.5) is 5.69 Å². The van der Waals surface area contributed by atoms with Gasteiger partial charge in [0.1, 0.15) is 0 Å². The summed E-state index contributed by atoms with van der Waals surface area (Å²) in [4.78, 5) is 12.1. The Labute approximate surface area is 148 Å². The smallest absolute Gasteiger partial charge is 0.181 e. The molecule has 0 spiro atoms. The third-order valence-electron chi connectivity index (χ3n) is 2.77. The van der Waals surface area contributed by atoms with Crippen LogP contribution in [-0.4, -0.2) is 17.4 Å². The maximum atomic E-state index is 12.1. The van der Waals surface area contributed by atoms with Gasteiger partial charge in [-0.3, -0.25) is 4.79 Å². The standard InChI is InChI=1S/C15H11Cl3N2OS/c16-10-6-5-9(7-12(10)18)14(21)8-19-15(22)20-13-4-2-1-3-11(13)17/h1-7H,8H2,(H2,19,20,22). The first-order valence-corrected chi connectivity index (χ1v) is 7.79. The Kier molecular flexibility index (Phi) is 6.03. The second kappa shape index (κ2) is 7.79. The van der Waals surface area contributed by atoms with Crippen LogP contribution in [0.2, 0.25) is 15.1 Å². The molecule has 114 valence electrons. The molecule has 22 heavy (non-hydrogen) atoms. The summed E-state index contributed by atoms with van der Waals surface area (Å²) in [6, 6.07) is 11.9. The highest BCUT2D eigenvalue weighted by atomic mass is 35.5. The van der Waals surface area contributed by atoms with Crippen molar-refractivity contribution in [3.63, 3.8) is 0 Å². The van der Waals surface area contributed by atoms with E-state index in [1.165, 1.54) is 6.07 Å². The van der Waals surface area contributed by atoms with Crippen molar-refractivity contribution in [1.29, 1.82) is 0 Å². The van der Waals surface area contributed by atoms with Gasteiger partial charge in [-0.25, -0.2) is 0 Å². The van der Waals surface area contributed by atoms with Gasteiger partial charge in [0, 0.05) is 5.56 Å². The minimum absolute atomic E-state index is 0.0360. The Bertz CT molecular complexity index is 722. The molecular formula is C15H11Cl3N2OS. The lowest BCUT2D eigenvalue weighted by atomic mass is 10.1. The van der Waals surface area contributed by atoms with E-state index < -0.39 is 0 Å². The molecule has 0 amide bonds. The van der Waals surface area contributed by atoms with Crippen molar-refractivity contribution in [2.24, 2.45) is 0 Å². The number of halogens is 3. The van der Waals surface area contributed by atoms with Gasteiger partial charge in [0.15, 0.2) is 10.9 Å². The first-order chi connectivity index (χ1) is 10.5. The number of carbonyl (C=O) groups excluding carboxylic acids is 1. The number of anilines is 1. The lowest BCUT2D eigenvalue weighted by Crippen LogP contribution is -2.33. The van der Waals surface area contributed by atoms with Crippen LogP contribution in [-0.2, 0) is 0 Å². The molecule has 0 aliphatic carbocycles. The lowest BCUT2D eigenvalue weighted by Gasteiger charge is -2.11. The Hall–Kier alpha value is -1.33. The zero-order valence-electron chi connectivity index (χ0n) is 11.2. The van der Waals surface area contributed by atoms with Gasteiger partial charge in [-0.2, -0.15) is 0 Å². The molecular weight excluding hydrogens is 363 g/mol. The third-order valence-corrected chi connectivity index (χ3v) is 4.09. The molecule has 0 aromatic heterocycles. The van der Waals surface area contributed by atoms with Gasteiger partial charge in [0.2, 0.25) is 0 Å². The number of carbonyl (C=O) groups is 1. The molecule has 0 atom stereocenters. The minimum atomic E-state index is -0.151. The average molecular weight is 374 g/mol. The molecule has 0 saturated carbocycles. The highest BCUT2D eigenvalue weighted by molar-refractivity contribution is 7.80. The van der Waals surface area contributed by atoms with Crippen molar-refractivity contribution in [2.45, 2.75) is 0 Å². The van der Waals surface area contributed by atoms with Crippen LogP contribution in [0.3, 0.4) is 0 Å². The third kappa shape index (κ3) is 4.58. The first kappa shape index (κ1) is 17.0. The van der Waals surface area contributed by atoms with E-state index in [4.69, 9.17) is 47.0 Å². The van der Waals surface area contributed by atoms with Crippen molar-refractivity contribution < 1.29 is 4.79 Å². The lowest BCUT2D eigenvalue weighted by molar-refractivity contribution is 0.0996. The highest BCUT2D eigenvalue weighted by Crippen LogP contribution is 2.23. The summed E-state index contributed by atoms with van der Waals surface area (Å²) in [5.74, 6) is -0.151. The molecule has 0 saturated heterocycles. The predicted molar refractivity (Wildman–Crippen MR) is 96.5 cm³/mol. The molecule has 0 aliphatic rings. The molecule has 7 heteroatoms. The maximum absolute atomic E-state index is 12.1. The van der Waals surface area contributed by atoms with Crippen molar-refractivity contribution in [2.75, 3.05) is 11.9 Å². The molecule has 2 aromatic carbocycles. The van der Waals surface area contributed by atoms with E-state index >= 15 is 0 Å². The fourth-order valence-corrected chi connectivity index (χ4v) is 2.32. The van der Waals surface area contributed by atoms with Crippen molar-refractivity contribution in [3.05, 3.63) is 63.1 Å². The van der Waals surface area contributed by atoms with Crippen LogP contribution in [0.1, 0.15) is 10.4 Å². The minimum Gasteiger partial charge on any atom is -0.355 e. The average Bonchev–Trinajstić information content (AvgIpc) is 2.50. The zero-order chi connectivity index (χ0) is 16.1. The second-order valence-corrected chi connectivity index (χ2v) is 5.97. The molecule has 0 unspecified atom stereocenters. The SMILES string of the molecule is O=C(CNC(=S)Nc1ccccc1Cl)c1ccc(Cl)c(Cl)c1. The largest absolute Gasteiger partial charge is 0.355 e. The molecule has 3 nitrogen and oxygen atoms in total. The van der Waals surface area contributed by atoms with Crippen LogP contribution in [0.15, 0.2) is 42.5 Å². The first-order valence-electron chi connectivity index (χ1n) is 6.25. The fraction of sp³-hybridized carbons (Fsp3) is 0.0667. The van der Waals surface area contributed by atoms with Gasteiger partial charge in [-0.15, -0.1) is 0 Å². The van der Waals surface area contributed by atoms with Gasteiger partial charge in [0.05, 0.1) is 27.3 Å². The van der Waals surface area contributed by atoms with Crippen LogP contribution in [0.25, 0.3) is 0 Å². The van der Waals surface area contributed by atoms with E-state index in [1.54, 1.807) is 24.3 Å². The Morgan fingerprint density at radius 1 is 1.00 bits per heavy atom. The summed E-state index contributed by atoms with van der Waals surface area (Å²) in [6.45, 7) is 0.0360. The van der Waals surface area contributed by atoms with E-state index in [1.807, 2.05) is 12.1 Å². The molecule has 2 aromatic rings. The molecule has 0 fully saturated rings. The normalized spacial score (nSPS) is 10.1. The van der Waals surface area contributed by atoms with Gasteiger partial charge in [0.25, 0.3) is 0 Å². The number of hydrogen-bond acceptors (Lipinski definition) is 2. The van der Waals surface area contributed by atoms with Crippen LogP contribution in [0, 0.1) is 0 Å². The molecule has 0 aliphatic heterocycles. The fourth-order valence-electron chi connectivity index (χ4n) is 1.66. The summed E-state index contributed by atoms with van der Waals surface area (Å²) in [5.41, 5.74) is 1.13. The van der Waals surface area contributed by atoms with E-state index in [0.717, 1.165) is 0 Å². The monoisotopic (exact) mass is 372 g/mol. The summed E-state index contributed by atoms with van der Waals surface area (Å²) >= 11 is 22.8. The molecule has 0 bridgehead atoms. The van der Waals surface area contributed by atoms with Crippen LogP contribution < -0.4 is 10.6 Å². The zero-order valence-corrected chi connectivity index (χ0v) is 14.3. The van der Waals surface area contributed by atoms with E-state index in [-0.39, 0.29) is 12.3 Å². The Morgan fingerprint density at radius 3 is 2.41 bits per heavy atom. The summed E-state index contributed by atoms with van der Waals surface area (Å²) < 4.78 is 0. The maximum Gasteiger partial charge on any atom is 0.181 e. The quantitative estimate of drug-likeness (QED) is 0.596. The summed E-state index contributed by atoms with van der Waals surface area (Å²) in [7, 11) is 0. The van der Waals surface area contributed by atoms with Gasteiger partial charge >= 0.3 is 0 Å². The van der Waals surface area contributed by atoms with Crippen molar-refractivity contribution in [3.8, 4) is 0 Å². The number of nitrogens with one attached hydrogen (secondary N) is 2. The molecule has 0 heterocycles. The van der Waals surface area contributed by atoms with Crippen LogP contribution >= 0.6 is 47.0 Å². The summed E-state index contributed by atoms with van der Waals surface area (Å²) in [6.07, 6.45) is 0. The van der Waals surface area contributed by atoms with E-state index in [2.05, 4.69) is 10.6 Å². The second-order valence-electron chi connectivity index (χ2n) is 4.34. The van der Waals surface area contributed by atoms with Crippen molar-refractivity contribution >= 4 is 63.6 Å². The van der Waals surface area contributed by atoms with Gasteiger partial charge in [-0.05, 0) is 42.5 Å². The van der Waals surface area contributed by atoms with E-state index in [0.29, 0.717) is 31.4 Å². The number of benzene rings is 2. The molecule has 2 rings (SSSR count). The Balaban J connectivity index is 1.92. The topological polar surface area (TPSA) is 41.1 Å². The number of Topliss-reactive ketones (excluding diaryl/α,β-unsaturated/α-hetero) is 1. The highest BCUT2D eigenvalue weighted by Gasteiger charge is 2.09. The van der Waals surface area contributed by atoms with Gasteiger partial charge in [-0.1, -0.05) is 46.9 Å². The number of para-hydroxylation sites is 1. The van der Waals surface area contributed by atoms with Gasteiger partial charge < -0.3 is 10.6 Å². The number of ketones is 1.